The van der Waals surface area contributed by atoms with Gasteiger partial charge in [0.1, 0.15) is 5.82 Å². The van der Waals surface area contributed by atoms with Gasteiger partial charge in [0.25, 0.3) is 0 Å². The standard InChI is InChI=1S/C26H34N6O2/c1-6-34-26(33)21-15-22(32-12-10-18(16-27)11-13-32)23(24(28)17(2)3)25(30-21)29-19-8-7-9-20(14-19)31(4)5/h7-9,14-15,17-18,28H,6,10-13H2,1-5H3,(H,29,30). The third kappa shape index (κ3) is 5.66. The third-order valence-electron chi connectivity index (χ3n) is 5.97. The first-order valence-corrected chi connectivity index (χ1v) is 11.7. The zero-order valence-electron chi connectivity index (χ0n) is 20.7. The van der Waals surface area contributed by atoms with Crippen molar-refractivity contribution in [3.05, 3.63) is 41.6 Å². The number of rotatable bonds is 8. The molecule has 1 fully saturated rings. The minimum atomic E-state index is -0.497. The Morgan fingerprint density at radius 2 is 2.03 bits per heavy atom. The number of carbonyl (C=O) groups is 1. The highest BCUT2D eigenvalue weighted by molar-refractivity contribution is 6.09. The molecule has 1 aliphatic heterocycles. The maximum Gasteiger partial charge on any atom is 0.357 e. The van der Waals surface area contributed by atoms with Crippen molar-refractivity contribution in [3.63, 3.8) is 0 Å². The molecule has 2 heterocycles. The number of benzene rings is 1. The Bertz CT molecular complexity index is 1080. The Kier molecular flexibility index (Phi) is 8.11. The molecule has 0 saturated carbocycles. The van der Waals surface area contributed by atoms with E-state index in [0.717, 1.165) is 29.9 Å². The van der Waals surface area contributed by atoms with Crippen molar-refractivity contribution in [2.75, 3.05) is 48.9 Å². The highest BCUT2D eigenvalue weighted by atomic mass is 16.5. The number of piperidine rings is 1. The van der Waals surface area contributed by atoms with Crippen LogP contribution in [0.15, 0.2) is 30.3 Å². The zero-order chi connectivity index (χ0) is 24.8. The lowest BCUT2D eigenvalue weighted by atomic mass is 9.94. The maximum atomic E-state index is 12.7. The maximum absolute atomic E-state index is 12.7. The van der Waals surface area contributed by atoms with Crippen LogP contribution in [0.1, 0.15) is 49.7 Å². The van der Waals surface area contributed by atoms with E-state index in [1.165, 1.54) is 0 Å². The molecule has 1 saturated heterocycles. The van der Waals surface area contributed by atoms with E-state index in [1.807, 2.05) is 57.1 Å². The van der Waals surface area contributed by atoms with Gasteiger partial charge in [-0.3, -0.25) is 0 Å². The Balaban J connectivity index is 2.15. The molecule has 2 aromatic rings. The van der Waals surface area contributed by atoms with Crippen LogP contribution in [0.2, 0.25) is 0 Å². The van der Waals surface area contributed by atoms with E-state index in [0.29, 0.717) is 30.2 Å². The Morgan fingerprint density at radius 3 is 2.62 bits per heavy atom. The number of nitriles is 1. The fraction of sp³-hybridized carbons (Fsp3) is 0.462. The van der Waals surface area contributed by atoms with Gasteiger partial charge in [-0.2, -0.15) is 5.26 Å². The second-order valence-corrected chi connectivity index (χ2v) is 9.00. The smallest absolute Gasteiger partial charge is 0.357 e. The van der Waals surface area contributed by atoms with Crippen LogP contribution in [-0.2, 0) is 4.74 Å². The second-order valence-electron chi connectivity index (χ2n) is 9.00. The van der Waals surface area contributed by atoms with Crippen LogP contribution in [0.5, 0.6) is 0 Å². The van der Waals surface area contributed by atoms with Crippen LogP contribution in [0.4, 0.5) is 22.9 Å². The number of nitrogens with zero attached hydrogens (tertiary/aromatic N) is 4. The van der Waals surface area contributed by atoms with Gasteiger partial charge in [-0.15, -0.1) is 0 Å². The summed E-state index contributed by atoms with van der Waals surface area (Å²) in [6.07, 6.45) is 1.49. The van der Waals surface area contributed by atoms with Crippen molar-refractivity contribution in [2.24, 2.45) is 11.8 Å². The predicted molar refractivity (Wildman–Crippen MR) is 136 cm³/mol. The molecular weight excluding hydrogens is 428 g/mol. The Morgan fingerprint density at radius 1 is 1.32 bits per heavy atom. The Hall–Kier alpha value is -3.60. The van der Waals surface area contributed by atoms with Gasteiger partial charge in [-0.25, -0.2) is 9.78 Å². The first-order chi connectivity index (χ1) is 16.2. The van der Waals surface area contributed by atoms with Gasteiger partial charge in [0.2, 0.25) is 0 Å². The molecule has 0 radical (unpaired) electrons. The molecule has 0 atom stereocenters. The summed E-state index contributed by atoms with van der Waals surface area (Å²) < 4.78 is 5.26. The van der Waals surface area contributed by atoms with Gasteiger partial charge in [-0.05, 0) is 49.9 Å². The average Bonchev–Trinajstić information content (AvgIpc) is 2.83. The molecule has 1 aromatic carbocycles. The molecule has 8 heteroatoms. The first-order valence-electron chi connectivity index (χ1n) is 11.7. The van der Waals surface area contributed by atoms with Crippen molar-refractivity contribution in [1.29, 1.82) is 10.7 Å². The van der Waals surface area contributed by atoms with Crippen molar-refractivity contribution >= 4 is 34.6 Å². The molecule has 34 heavy (non-hydrogen) atoms. The van der Waals surface area contributed by atoms with Crippen molar-refractivity contribution < 1.29 is 9.53 Å². The summed E-state index contributed by atoms with van der Waals surface area (Å²) >= 11 is 0. The molecule has 0 spiro atoms. The van der Waals surface area contributed by atoms with Crippen LogP contribution in [0.25, 0.3) is 0 Å². The van der Waals surface area contributed by atoms with Gasteiger partial charge < -0.3 is 25.3 Å². The molecule has 3 rings (SSSR count). The number of hydrogen-bond acceptors (Lipinski definition) is 8. The molecule has 180 valence electrons. The highest BCUT2D eigenvalue weighted by Crippen LogP contribution is 2.35. The van der Waals surface area contributed by atoms with Crippen LogP contribution in [-0.4, -0.2) is 50.5 Å². The Labute approximate surface area is 202 Å². The number of hydrogen-bond donors (Lipinski definition) is 2. The average molecular weight is 463 g/mol. The summed E-state index contributed by atoms with van der Waals surface area (Å²) in [6.45, 7) is 7.32. The highest BCUT2D eigenvalue weighted by Gasteiger charge is 2.28. The minimum absolute atomic E-state index is 0.0296. The predicted octanol–water partition coefficient (Wildman–Crippen LogP) is 4.83. The van der Waals surface area contributed by atoms with Gasteiger partial charge in [0.15, 0.2) is 5.69 Å². The van der Waals surface area contributed by atoms with Crippen LogP contribution in [0.3, 0.4) is 0 Å². The summed E-state index contributed by atoms with van der Waals surface area (Å²) in [5.41, 5.74) is 3.92. The van der Waals surface area contributed by atoms with Crippen molar-refractivity contribution in [3.8, 4) is 6.07 Å². The number of esters is 1. The number of pyridine rings is 1. The summed E-state index contributed by atoms with van der Waals surface area (Å²) in [6, 6.07) is 12.0. The normalized spacial score (nSPS) is 14.0. The summed E-state index contributed by atoms with van der Waals surface area (Å²) in [7, 11) is 3.95. The van der Waals surface area contributed by atoms with Crippen molar-refractivity contribution in [2.45, 2.75) is 33.6 Å². The van der Waals surface area contributed by atoms with Gasteiger partial charge in [0.05, 0.1) is 23.9 Å². The summed E-state index contributed by atoms with van der Waals surface area (Å²) in [5, 5.41) is 21.6. The molecule has 2 N–H and O–H groups in total. The molecule has 1 aliphatic rings. The number of aromatic nitrogens is 1. The van der Waals surface area contributed by atoms with Crippen LogP contribution >= 0.6 is 0 Å². The van der Waals surface area contributed by atoms with Crippen LogP contribution < -0.4 is 15.1 Å². The SMILES string of the molecule is CCOC(=O)c1cc(N2CCC(C#N)CC2)c(C(=N)C(C)C)c(Nc2cccc(N(C)C)c2)n1. The molecule has 0 bridgehead atoms. The van der Waals surface area contributed by atoms with E-state index in [9.17, 15) is 10.1 Å². The fourth-order valence-electron chi connectivity index (χ4n) is 3.98. The molecule has 8 nitrogen and oxygen atoms in total. The lowest BCUT2D eigenvalue weighted by Gasteiger charge is -2.33. The quantitative estimate of drug-likeness (QED) is 0.427. The van der Waals surface area contributed by atoms with Gasteiger partial charge >= 0.3 is 5.97 Å². The molecule has 0 amide bonds. The first kappa shape index (κ1) is 25.0. The number of anilines is 4. The van der Waals surface area contributed by atoms with Gasteiger partial charge in [0, 0.05) is 50.2 Å². The lowest BCUT2D eigenvalue weighted by Crippen LogP contribution is -2.35. The molecular formula is C26H34N6O2. The van der Waals surface area contributed by atoms with E-state index in [-0.39, 0.29) is 24.1 Å². The lowest BCUT2D eigenvalue weighted by molar-refractivity contribution is 0.0519. The summed E-state index contributed by atoms with van der Waals surface area (Å²) in [4.78, 5) is 21.5. The minimum Gasteiger partial charge on any atom is -0.461 e. The topological polar surface area (TPSA) is 105 Å². The number of ether oxygens (including phenoxy) is 1. The zero-order valence-corrected chi connectivity index (χ0v) is 20.7. The monoisotopic (exact) mass is 462 g/mol. The molecule has 0 aliphatic carbocycles. The number of carbonyl (C=O) groups excluding carboxylic acids is 1. The van der Waals surface area contributed by atoms with Gasteiger partial charge in [-0.1, -0.05) is 19.9 Å². The number of nitrogens with one attached hydrogen (secondary N) is 2. The van der Waals surface area contributed by atoms with E-state index in [1.54, 1.807) is 13.0 Å². The fourth-order valence-corrected chi connectivity index (χ4v) is 3.98. The largest absolute Gasteiger partial charge is 0.461 e. The summed E-state index contributed by atoms with van der Waals surface area (Å²) in [5.74, 6) is -0.0535. The second kappa shape index (κ2) is 11.0. The van der Waals surface area contributed by atoms with E-state index >= 15 is 0 Å². The molecule has 0 unspecified atom stereocenters. The molecule has 1 aromatic heterocycles. The third-order valence-corrected chi connectivity index (χ3v) is 5.97. The van der Waals surface area contributed by atoms with Crippen LogP contribution in [0, 0.1) is 28.6 Å². The van der Waals surface area contributed by atoms with E-state index in [4.69, 9.17) is 10.1 Å². The van der Waals surface area contributed by atoms with E-state index in [2.05, 4.69) is 21.3 Å². The van der Waals surface area contributed by atoms with Crippen molar-refractivity contribution in [1.82, 2.24) is 4.98 Å². The van der Waals surface area contributed by atoms with E-state index < -0.39 is 5.97 Å².